The summed E-state index contributed by atoms with van der Waals surface area (Å²) >= 11 is 0. The number of nitrogens with two attached hydrogens (primary N) is 1. The van der Waals surface area contributed by atoms with Gasteiger partial charge in [0.05, 0.1) is 12.6 Å². The van der Waals surface area contributed by atoms with Crippen molar-refractivity contribution in [1.29, 1.82) is 0 Å². The van der Waals surface area contributed by atoms with E-state index < -0.39 is 0 Å². The van der Waals surface area contributed by atoms with E-state index in [1.165, 1.54) is 6.40 Å². The molecule has 0 aromatic carbocycles. The molecule has 0 heterocycles. The molecule has 2 N–H and O–H groups in total. The Morgan fingerprint density at radius 1 is 1.38 bits per heavy atom. The van der Waals surface area contributed by atoms with E-state index in [9.17, 15) is 0 Å². The molecule has 0 aliphatic heterocycles. The molecule has 0 aromatic rings. The van der Waals surface area contributed by atoms with Gasteiger partial charge in [-0.3, -0.25) is 4.99 Å². The third-order valence-electron chi connectivity index (χ3n) is 2.24. The van der Waals surface area contributed by atoms with Gasteiger partial charge < -0.3 is 10.6 Å². The second-order valence-corrected chi connectivity index (χ2v) is 3.33. The molecule has 76 valence electrons. The van der Waals surface area contributed by atoms with Crippen molar-refractivity contribution in [3.8, 4) is 0 Å². The minimum absolute atomic E-state index is 0.374. The van der Waals surface area contributed by atoms with E-state index in [0.717, 1.165) is 25.7 Å². The molecule has 1 fully saturated rings. The topological polar surface area (TPSA) is 56.8 Å². The Labute approximate surface area is 79.0 Å². The smallest absolute Gasteiger partial charge is 0.215 e. The first-order valence-corrected chi connectivity index (χ1v) is 4.88. The van der Waals surface area contributed by atoms with Gasteiger partial charge in [-0.2, -0.15) is 4.89 Å². The van der Waals surface area contributed by atoms with Crippen molar-refractivity contribution in [3.63, 3.8) is 0 Å². The molecule has 0 aromatic heterocycles. The van der Waals surface area contributed by atoms with E-state index in [0.29, 0.717) is 18.7 Å². The van der Waals surface area contributed by atoms with Crippen molar-refractivity contribution < 1.29 is 9.78 Å². The van der Waals surface area contributed by atoms with Crippen molar-refractivity contribution in [3.05, 3.63) is 0 Å². The predicted molar refractivity (Wildman–Crippen MR) is 51.4 cm³/mol. The van der Waals surface area contributed by atoms with Gasteiger partial charge in [0.2, 0.25) is 6.40 Å². The van der Waals surface area contributed by atoms with Gasteiger partial charge in [-0.1, -0.05) is 0 Å². The Balaban J connectivity index is 2.11. The lowest BCUT2D eigenvalue weighted by atomic mass is 9.92. The zero-order valence-corrected chi connectivity index (χ0v) is 8.11. The standard InChI is InChI=1S/C9H18N2O2/c1-2-12-13-7-11-9-5-3-8(10)4-6-9/h7-9H,2-6,10H2,1H3. The third kappa shape index (κ3) is 4.24. The molecule has 0 unspecified atom stereocenters. The van der Waals surface area contributed by atoms with Crippen molar-refractivity contribution in [1.82, 2.24) is 0 Å². The first-order valence-electron chi connectivity index (χ1n) is 4.88. The fourth-order valence-corrected chi connectivity index (χ4v) is 1.46. The number of hydrogen-bond donors (Lipinski definition) is 1. The van der Waals surface area contributed by atoms with Crippen LogP contribution in [0.4, 0.5) is 0 Å². The molecule has 1 aliphatic carbocycles. The summed E-state index contributed by atoms with van der Waals surface area (Å²) in [7, 11) is 0. The Hall–Kier alpha value is -0.610. The molecule has 1 rings (SSSR count). The molecule has 1 saturated carbocycles. The van der Waals surface area contributed by atoms with Gasteiger partial charge in [0.1, 0.15) is 0 Å². The fourth-order valence-electron chi connectivity index (χ4n) is 1.46. The average Bonchev–Trinajstić information content (AvgIpc) is 2.15. The molecule has 0 atom stereocenters. The van der Waals surface area contributed by atoms with Crippen LogP contribution in [0.15, 0.2) is 4.99 Å². The molecule has 0 amide bonds. The second kappa shape index (κ2) is 5.94. The van der Waals surface area contributed by atoms with E-state index in [2.05, 4.69) is 14.8 Å². The second-order valence-electron chi connectivity index (χ2n) is 3.33. The first-order chi connectivity index (χ1) is 6.33. The summed E-state index contributed by atoms with van der Waals surface area (Å²) in [6.07, 6.45) is 5.65. The van der Waals surface area contributed by atoms with Crippen molar-refractivity contribution in [2.75, 3.05) is 6.61 Å². The van der Waals surface area contributed by atoms with Crippen LogP contribution in [-0.4, -0.2) is 25.1 Å². The number of hydrogen-bond acceptors (Lipinski definition) is 4. The van der Waals surface area contributed by atoms with Crippen molar-refractivity contribution in [2.24, 2.45) is 10.7 Å². The van der Waals surface area contributed by atoms with Crippen LogP contribution in [0.1, 0.15) is 32.6 Å². The molecule has 0 saturated heterocycles. The quantitative estimate of drug-likeness (QED) is 0.236. The van der Waals surface area contributed by atoms with Gasteiger partial charge in [0.15, 0.2) is 0 Å². The van der Waals surface area contributed by atoms with Gasteiger partial charge in [0, 0.05) is 6.04 Å². The highest BCUT2D eigenvalue weighted by Gasteiger charge is 2.16. The summed E-state index contributed by atoms with van der Waals surface area (Å²) in [5.41, 5.74) is 5.77. The lowest BCUT2D eigenvalue weighted by Gasteiger charge is -2.22. The average molecular weight is 186 g/mol. The molecule has 13 heavy (non-hydrogen) atoms. The van der Waals surface area contributed by atoms with Crippen LogP contribution in [0.3, 0.4) is 0 Å². The highest BCUT2D eigenvalue weighted by atomic mass is 17.2. The summed E-state index contributed by atoms with van der Waals surface area (Å²) in [6, 6.07) is 0.750. The fraction of sp³-hybridized carbons (Fsp3) is 0.889. The van der Waals surface area contributed by atoms with Gasteiger partial charge in [-0.05, 0) is 32.6 Å². The summed E-state index contributed by atoms with van der Waals surface area (Å²) < 4.78 is 0. The molecule has 4 heteroatoms. The minimum atomic E-state index is 0.374. The summed E-state index contributed by atoms with van der Waals surface area (Å²) in [5, 5.41) is 0. The highest BCUT2D eigenvalue weighted by Crippen LogP contribution is 2.19. The summed E-state index contributed by atoms with van der Waals surface area (Å²) in [5.74, 6) is 0. The lowest BCUT2D eigenvalue weighted by Crippen LogP contribution is -2.28. The van der Waals surface area contributed by atoms with E-state index in [4.69, 9.17) is 5.73 Å². The van der Waals surface area contributed by atoms with Crippen LogP contribution in [0.5, 0.6) is 0 Å². The summed E-state index contributed by atoms with van der Waals surface area (Å²) in [4.78, 5) is 13.6. The number of aliphatic imine (C=N–C) groups is 1. The van der Waals surface area contributed by atoms with Gasteiger partial charge >= 0.3 is 0 Å². The zero-order valence-electron chi connectivity index (χ0n) is 8.11. The van der Waals surface area contributed by atoms with E-state index >= 15 is 0 Å². The van der Waals surface area contributed by atoms with Crippen LogP contribution in [0.2, 0.25) is 0 Å². The third-order valence-corrected chi connectivity index (χ3v) is 2.24. The highest BCUT2D eigenvalue weighted by molar-refractivity contribution is 5.45. The summed E-state index contributed by atoms with van der Waals surface area (Å²) in [6.45, 7) is 2.41. The maximum atomic E-state index is 5.77. The molecule has 1 aliphatic rings. The van der Waals surface area contributed by atoms with E-state index in [1.807, 2.05) is 6.92 Å². The molecule has 4 nitrogen and oxygen atoms in total. The maximum absolute atomic E-state index is 5.77. The minimum Gasteiger partial charge on any atom is -0.328 e. The number of rotatable bonds is 4. The van der Waals surface area contributed by atoms with Crippen LogP contribution in [0, 0.1) is 0 Å². The van der Waals surface area contributed by atoms with E-state index in [1.54, 1.807) is 0 Å². The Bertz CT molecular complexity index is 154. The SMILES string of the molecule is CCOOC=NC1CCC(N)CC1. The molecule has 0 spiro atoms. The van der Waals surface area contributed by atoms with E-state index in [-0.39, 0.29) is 0 Å². The Morgan fingerprint density at radius 3 is 2.69 bits per heavy atom. The van der Waals surface area contributed by atoms with Gasteiger partial charge in [-0.25, -0.2) is 0 Å². The predicted octanol–water partition coefficient (Wildman–Crippen LogP) is 1.25. The molecule has 0 radical (unpaired) electrons. The van der Waals surface area contributed by atoms with Gasteiger partial charge in [-0.15, -0.1) is 0 Å². The largest absolute Gasteiger partial charge is 0.328 e. The molecular formula is C9H18N2O2. The Morgan fingerprint density at radius 2 is 2.08 bits per heavy atom. The lowest BCUT2D eigenvalue weighted by molar-refractivity contribution is -0.212. The normalized spacial score (nSPS) is 29.4. The zero-order chi connectivity index (χ0) is 9.52. The van der Waals surface area contributed by atoms with Crippen LogP contribution < -0.4 is 5.73 Å². The number of nitrogens with zero attached hydrogens (tertiary/aromatic N) is 1. The van der Waals surface area contributed by atoms with Crippen LogP contribution in [-0.2, 0) is 9.78 Å². The molecular weight excluding hydrogens is 168 g/mol. The van der Waals surface area contributed by atoms with Crippen molar-refractivity contribution >= 4 is 6.40 Å². The molecule has 0 bridgehead atoms. The van der Waals surface area contributed by atoms with Gasteiger partial charge in [0.25, 0.3) is 0 Å². The maximum Gasteiger partial charge on any atom is 0.215 e. The first kappa shape index (κ1) is 10.5. The Kier molecular flexibility index (Phi) is 4.78. The van der Waals surface area contributed by atoms with Crippen molar-refractivity contribution in [2.45, 2.75) is 44.7 Å². The van der Waals surface area contributed by atoms with Crippen LogP contribution in [0.25, 0.3) is 0 Å². The van der Waals surface area contributed by atoms with Crippen LogP contribution >= 0.6 is 0 Å². The monoisotopic (exact) mass is 186 g/mol.